The van der Waals surface area contributed by atoms with E-state index in [2.05, 4.69) is 10.2 Å². The van der Waals surface area contributed by atoms with Crippen LogP contribution in [-0.4, -0.2) is 32.4 Å². The van der Waals surface area contributed by atoms with Crippen molar-refractivity contribution in [2.24, 2.45) is 0 Å². The highest BCUT2D eigenvalue weighted by atomic mass is 19.1. The molecule has 6 nitrogen and oxygen atoms in total. The van der Waals surface area contributed by atoms with Gasteiger partial charge in [0.2, 0.25) is 5.65 Å². The van der Waals surface area contributed by atoms with Crippen LogP contribution in [-0.2, 0) is 11.3 Å². The SMILES string of the molecule is O=c1c2nnc(C3CCCOC3)n2ccn1Cc1cccc(F)c1. The molecule has 4 rings (SSSR count). The van der Waals surface area contributed by atoms with E-state index in [9.17, 15) is 9.18 Å². The predicted octanol–water partition coefficient (Wildman–Crippen LogP) is 1.97. The summed E-state index contributed by atoms with van der Waals surface area (Å²) >= 11 is 0. The van der Waals surface area contributed by atoms with Crippen LogP contribution in [0.5, 0.6) is 0 Å². The number of rotatable bonds is 3. The third-order valence-corrected chi connectivity index (χ3v) is 4.34. The minimum Gasteiger partial charge on any atom is -0.381 e. The molecule has 1 fully saturated rings. The Hall–Kier alpha value is -2.54. The first-order valence-corrected chi connectivity index (χ1v) is 7.98. The largest absolute Gasteiger partial charge is 0.381 e. The highest BCUT2D eigenvalue weighted by molar-refractivity contribution is 5.36. The van der Waals surface area contributed by atoms with E-state index in [0.29, 0.717) is 13.2 Å². The van der Waals surface area contributed by atoms with Gasteiger partial charge >= 0.3 is 0 Å². The van der Waals surface area contributed by atoms with Gasteiger partial charge in [0.25, 0.3) is 5.56 Å². The van der Waals surface area contributed by atoms with Crippen LogP contribution in [0.1, 0.15) is 30.1 Å². The lowest BCUT2D eigenvalue weighted by Crippen LogP contribution is -2.23. The van der Waals surface area contributed by atoms with E-state index in [4.69, 9.17) is 4.74 Å². The third-order valence-electron chi connectivity index (χ3n) is 4.34. The maximum atomic E-state index is 13.3. The number of benzene rings is 1. The van der Waals surface area contributed by atoms with Crippen molar-refractivity contribution in [1.29, 1.82) is 0 Å². The highest BCUT2D eigenvalue weighted by Gasteiger charge is 2.22. The Morgan fingerprint density at radius 1 is 1.29 bits per heavy atom. The van der Waals surface area contributed by atoms with Crippen LogP contribution < -0.4 is 5.56 Å². The molecule has 0 saturated carbocycles. The molecule has 1 aliphatic heterocycles. The molecule has 0 amide bonds. The Bertz CT molecular complexity index is 928. The molecular weight excluding hydrogens is 311 g/mol. The highest BCUT2D eigenvalue weighted by Crippen LogP contribution is 2.23. The van der Waals surface area contributed by atoms with Crippen molar-refractivity contribution in [3.63, 3.8) is 0 Å². The molecule has 24 heavy (non-hydrogen) atoms. The lowest BCUT2D eigenvalue weighted by atomic mass is 10.0. The molecule has 0 bridgehead atoms. The fraction of sp³-hybridized carbons (Fsp3) is 0.353. The maximum Gasteiger partial charge on any atom is 0.296 e. The monoisotopic (exact) mass is 328 g/mol. The van der Waals surface area contributed by atoms with Gasteiger partial charge in [0, 0.05) is 24.9 Å². The molecular formula is C17H17FN4O2. The summed E-state index contributed by atoms with van der Waals surface area (Å²) in [6, 6.07) is 6.22. The minimum absolute atomic E-state index is 0.159. The van der Waals surface area contributed by atoms with Crippen molar-refractivity contribution in [2.75, 3.05) is 13.2 Å². The molecule has 0 spiro atoms. The van der Waals surface area contributed by atoms with Gasteiger partial charge in [-0.3, -0.25) is 9.20 Å². The molecule has 0 N–H and O–H groups in total. The quantitative estimate of drug-likeness (QED) is 0.737. The maximum absolute atomic E-state index is 13.3. The molecule has 1 unspecified atom stereocenters. The van der Waals surface area contributed by atoms with Gasteiger partial charge in [-0.05, 0) is 30.5 Å². The zero-order chi connectivity index (χ0) is 16.5. The average molecular weight is 328 g/mol. The molecule has 1 aromatic carbocycles. The number of aromatic nitrogens is 4. The molecule has 1 aliphatic rings. The summed E-state index contributed by atoms with van der Waals surface area (Å²) in [4.78, 5) is 12.6. The van der Waals surface area contributed by atoms with Crippen LogP contribution in [0.3, 0.4) is 0 Å². The molecule has 2 aromatic heterocycles. The van der Waals surface area contributed by atoms with Gasteiger partial charge in [-0.1, -0.05) is 12.1 Å². The summed E-state index contributed by atoms with van der Waals surface area (Å²) in [6.07, 6.45) is 5.44. The summed E-state index contributed by atoms with van der Waals surface area (Å²) in [5.41, 5.74) is 0.772. The van der Waals surface area contributed by atoms with Crippen LogP contribution in [0.15, 0.2) is 41.5 Å². The molecule has 1 saturated heterocycles. The summed E-state index contributed by atoms with van der Waals surface area (Å²) in [6.45, 7) is 1.67. The topological polar surface area (TPSA) is 61.4 Å². The normalized spacial score (nSPS) is 18.1. The van der Waals surface area contributed by atoms with Crippen molar-refractivity contribution in [3.8, 4) is 0 Å². The first kappa shape index (κ1) is 15.0. The van der Waals surface area contributed by atoms with Crippen molar-refractivity contribution in [3.05, 3.63) is 64.2 Å². The van der Waals surface area contributed by atoms with E-state index in [1.165, 1.54) is 16.7 Å². The summed E-state index contributed by atoms with van der Waals surface area (Å²) in [7, 11) is 0. The van der Waals surface area contributed by atoms with Crippen LogP contribution in [0.2, 0.25) is 0 Å². The van der Waals surface area contributed by atoms with Gasteiger partial charge in [0.15, 0.2) is 0 Å². The predicted molar refractivity (Wildman–Crippen MR) is 85.5 cm³/mol. The van der Waals surface area contributed by atoms with Crippen molar-refractivity contribution in [2.45, 2.75) is 25.3 Å². The molecule has 1 atom stereocenters. The van der Waals surface area contributed by atoms with Gasteiger partial charge in [-0.2, -0.15) is 0 Å². The van der Waals surface area contributed by atoms with E-state index >= 15 is 0 Å². The Morgan fingerprint density at radius 2 is 2.21 bits per heavy atom. The van der Waals surface area contributed by atoms with E-state index in [-0.39, 0.29) is 22.9 Å². The molecule has 124 valence electrons. The van der Waals surface area contributed by atoms with Crippen LogP contribution in [0, 0.1) is 5.82 Å². The van der Waals surface area contributed by atoms with Gasteiger partial charge in [0.1, 0.15) is 11.6 Å². The molecule has 0 radical (unpaired) electrons. The van der Waals surface area contributed by atoms with Crippen molar-refractivity contribution in [1.82, 2.24) is 19.2 Å². The fourth-order valence-corrected chi connectivity index (χ4v) is 3.12. The Balaban J connectivity index is 1.69. The van der Waals surface area contributed by atoms with Gasteiger partial charge in [0.05, 0.1) is 13.2 Å². The number of hydrogen-bond donors (Lipinski definition) is 0. The van der Waals surface area contributed by atoms with Gasteiger partial charge in [-0.15, -0.1) is 10.2 Å². The van der Waals surface area contributed by atoms with Gasteiger partial charge in [-0.25, -0.2) is 4.39 Å². The molecule has 3 aromatic rings. The summed E-state index contributed by atoms with van der Waals surface area (Å²) in [5.74, 6) is 0.607. The number of halogens is 1. The smallest absolute Gasteiger partial charge is 0.296 e. The molecule has 0 aliphatic carbocycles. The second-order valence-electron chi connectivity index (χ2n) is 6.03. The lowest BCUT2D eigenvalue weighted by molar-refractivity contribution is 0.0777. The Kier molecular flexibility index (Phi) is 3.86. The van der Waals surface area contributed by atoms with Crippen LogP contribution in [0.4, 0.5) is 4.39 Å². The van der Waals surface area contributed by atoms with Crippen LogP contribution >= 0.6 is 0 Å². The zero-order valence-electron chi connectivity index (χ0n) is 13.1. The van der Waals surface area contributed by atoms with E-state index in [0.717, 1.165) is 30.8 Å². The molecule has 7 heteroatoms. The Morgan fingerprint density at radius 3 is 3.00 bits per heavy atom. The van der Waals surface area contributed by atoms with Gasteiger partial charge < -0.3 is 9.30 Å². The lowest BCUT2D eigenvalue weighted by Gasteiger charge is -2.20. The van der Waals surface area contributed by atoms with Crippen molar-refractivity contribution >= 4 is 5.65 Å². The third kappa shape index (κ3) is 2.71. The van der Waals surface area contributed by atoms with E-state index in [1.807, 2.05) is 0 Å². The second kappa shape index (κ2) is 6.16. The number of nitrogens with zero attached hydrogens (tertiary/aromatic N) is 4. The Labute approximate surface area is 137 Å². The zero-order valence-corrected chi connectivity index (χ0v) is 13.1. The first-order valence-electron chi connectivity index (χ1n) is 7.98. The summed E-state index contributed by atoms with van der Waals surface area (Å²) < 4.78 is 22.1. The van der Waals surface area contributed by atoms with E-state index < -0.39 is 0 Å². The fourth-order valence-electron chi connectivity index (χ4n) is 3.12. The number of ether oxygens (including phenoxy) is 1. The standard InChI is InChI=1S/C17H17FN4O2/c18-14-5-1-3-12(9-14)10-21-6-7-22-15(13-4-2-8-24-11-13)19-20-16(22)17(21)23/h1,3,5-7,9,13H,2,4,8,10-11H2. The molecule has 3 heterocycles. The number of hydrogen-bond acceptors (Lipinski definition) is 4. The average Bonchev–Trinajstić information content (AvgIpc) is 3.03. The minimum atomic E-state index is -0.316. The van der Waals surface area contributed by atoms with Crippen molar-refractivity contribution < 1.29 is 9.13 Å². The first-order chi connectivity index (χ1) is 11.7. The second-order valence-corrected chi connectivity index (χ2v) is 6.03. The van der Waals surface area contributed by atoms with E-state index in [1.54, 1.807) is 28.9 Å². The van der Waals surface area contributed by atoms with Crippen LogP contribution in [0.25, 0.3) is 5.65 Å². The summed E-state index contributed by atoms with van der Waals surface area (Å²) in [5, 5.41) is 8.26. The number of fused-ring (bicyclic) bond motifs is 1.